The fraction of sp³-hybridized carbons (Fsp3) is 0.667. The smallest absolute Gasteiger partial charge is 0.318 e. The van der Waals surface area contributed by atoms with Crippen LogP contribution < -0.4 is 9.64 Å². The van der Waals surface area contributed by atoms with Crippen LogP contribution in [-0.2, 0) is 16.0 Å². The molecule has 0 radical (unpaired) electrons. The molecule has 2 saturated heterocycles. The number of anilines is 1. The van der Waals surface area contributed by atoms with Gasteiger partial charge in [-0.3, -0.25) is 9.69 Å². The van der Waals surface area contributed by atoms with Crippen molar-refractivity contribution in [1.82, 2.24) is 19.8 Å². The fourth-order valence-electron chi connectivity index (χ4n) is 4.02. The molecule has 160 valence electrons. The first kappa shape index (κ1) is 21.5. The van der Waals surface area contributed by atoms with Crippen LogP contribution in [0.15, 0.2) is 12.7 Å². The molecule has 3 rings (SSSR count). The van der Waals surface area contributed by atoms with Crippen molar-refractivity contribution < 1.29 is 14.3 Å². The second kappa shape index (κ2) is 10.0. The van der Waals surface area contributed by atoms with Gasteiger partial charge >= 0.3 is 6.01 Å². The third-order valence-corrected chi connectivity index (χ3v) is 5.79. The van der Waals surface area contributed by atoms with E-state index in [9.17, 15) is 4.79 Å². The van der Waals surface area contributed by atoms with Crippen molar-refractivity contribution in [3.8, 4) is 6.01 Å². The highest BCUT2D eigenvalue weighted by atomic mass is 16.5. The number of piperazine rings is 1. The lowest BCUT2D eigenvalue weighted by molar-refractivity contribution is -0.126. The van der Waals surface area contributed by atoms with Gasteiger partial charge in [-0.1, -0.05) is 13.5 Å². The minimum absolute atomic E-state index is 0.0131. The molecule has 2 aliphatic rings. The summed E-state index contributed by atoms with van der Waals surface area (Å²) < 4.78 is 11.3. The first-order valence-electron chi connectivity index (χ1n) is 10.5. The molecule has 8 nitrogen and oxygen atoms in total. The lowest BCUT2D eigenvalue weighted by atomic mass is 10.1. The maximum atomic E-state index is 11.8. The van der Waals surface area contributed by atoms with Crippen LogP contribution >= 0.6 is 0 Å². The van der Waals surface area contributed by atoms with Crippen LogP contribution in [0.2, 0.25) is 0 Å². The summed E-state index contributed by atoms with van der Waals surface area (Å²) in [6.45, 7) is 13.9. The van der Waals surface area contributed by atoms with E-state index in [0.29, 0.717) is 31.8 Å². The Labute approximate surface area is 173 Å². The normalized spacial score (nSPS) is 20.2. The number of methoxy groups -OCH3 is 1. The van der Waals surface area contributed by atoms with E-state index in [1.807, 2.05) is 11.8 Å². The third kappa shape index (κ3) is 5.25. The first-order valence-corrected chi connectivity index (χ1v) is 10.5. The van der Waals surface area contributed by atoms with Crippen molar-refractivity contribution in [2.24, 2.45) is 0 Å². The van der Waals surface area contributed by atoms with Crippen LogP contribution in [0.3, 0.4) is 0 Å². The molecule has 2 fully saturated rings. The molecule has 29 heavy (non-hydrogen) atoms. The Morgan fingerprint density at radius 2 is 2.00 bits per heavy atom. The van der Waals surface area contributed by atoms with E-state index in [1.165, 1.54) is 6.08 Å². The minimum Gasteiger partial charge on any atom is -0.462 e. The van der Waals surface area contributed by atoms with Crippen molar-refractivity contribution in [2.45, 2.75) is 32.8 Å². The molecule has 2 aliphatic heterocycles. The van der Waals surface area contributed by atoms with Crippen LogP contribution in [0.5, 0.6) is 6.01 Å². The number of aromatic nitrogens is 2. The van der Waals surface area contributed by atoms with Crippen molar-refractivity contribution in [3.63, 3.8) is 0 Å². The molecular weight excluding hydrogens is 370 g/mol. The average molecular weight is 404 g/mol. The average Bonchev–Trinajstić information content (AvgIpc) is 3.21. The molecule has 1 aromatic rings. The quantitative estimate of drug-likeness (QED) is 0.606. The number of aryl methyl sites for hydroxylation is 1. The minimum atomic E-state index is -0.0131. The van der Waals surface area contributed by atoms with E-state index >= 15 is 0 Å². The number of ether oxygens (including phenoxy) is 2. The zero-order valence-electron chi connectivity index (χ0n) is 17.9. The zero-order valence-corrected chi connectivity index (χ0v) is 17.9. The van der Waals surface area contributed by atoms with Crippen molar-refractivity contribution in [1.29, 1.82) is 0 Å². The molecule has 0 N–H and O–H groups in total. The summed E-state index contributed by atoms with van der Waals surface area (Å²) in [4.78, 5) is 27.6. The lowest BCUT2D eigenvalue weighted by Crippen LogP contribution is -2.48. The van der Waals surface area contributed by atoms with E-state index in [1.54, 1.807) is 7.11 Å². The Kier molecular flexibility index (Phi) is 7.44. The molecule has 0 aromatic carbocycles. The van der Waals surface area contributed by atoms with Crippen LogP contribution in [0.25, 0.3) is 0 Å². The Bertz CT molecular complexity index is 719. The molecular formula is C21H33N5O3. The second-order valence-corrected chi connectivity index (χ2v) is 7.56. The van der Waals surface area contributed by atoms with Crippen molar-refractivity contribution >= 4 is 11.7 Å². The van der Waals surface area contributed by atoms with E-state index in [0.717, 1.165) is 62.6 Å². The van der Waals surface area contributed by atoms with Gasteiger partial charge in [0.05, 0.1) is 6.10 Å². The summed E-state index contributed by atoms with van der Waals surface area (Å²) in [5.41, 5.74) is 2.10. The summed E-state index contributed by atoms with van der Waals surface area (Å²) in [7, 11) is 1.77. The Morgan fingerprint density at radius 3 is 2.62 bits per heavy atom. The summed E-state index contributed by atoms with van der Waals surface area (Å²) in [6, 6.07) is 0.432. The van der Waals surface area contributed by atoms with Crippen LogP contribution in [0, 0.1) is 6.92 Å². The van der Waals surface area contributed by atoms with Crippen LogP contribution in [-0.4, -0.2) is 91.3 Å². The number of carbonyl (C=O) groups excluding carboxylic acids is 1. The Balaban J connectivity index is 1.62. The molecule has 1 atom stereocenters. The van der Waals surface area contributed by atoms with E-state index in [4.69, 9.17) is 14.5 Å². The number of hydrogen-bond acceptors (Lipinski definition) is 7. The number of nitrogens with zero attached hydrogens (tertiary/aromatic N) is 5. The highest BCUT2D eigenvalue weighted by molar-refractivity contribution is 5.87. The third-order valence-electron chi connectivity index (χ3n) is 5.79. The molecule has 0 spiro atoms. The van der Waals surface area contributed by atoms with E-state index in [-0.39, 0.29) is 5.91 Å². The van der Waals surface area contributed by atoms with Crippen LogP contribution in [0.4, 0.5) is 5.82 Å². The first-order chi connectivity index (χ1) is 14.0. The van der Waals surface area contributed by atoms with Crippen LogP contribution in [0.1, 0.15) is 24.6 Å². The molecule has 1 unspecified atom stereocenters. The second-order valence-electron chi connectivity index (χ2n) is 7.56. The maximum Gasteiger partial charge on any atom is 0.318 e. The Morgan fingerprint density at radius 1 is 1.24 bits per heavy atom. The molecule has 0 bridgehead atoms. The van der Waals surface area contributed by atoms with Gasteiger partial charge < -0.3 is 19.3 Å². The topological polar surface area (TPSA) is 71.0 Å². The monoisotopic (exact) mass is 403 g/mol. The van der Waals surface area contributed by atoms with Gasteiger partial charge in [-0.15, -0.1) is 0 Å². The molecule has 0 saturated carbocycles. The zero-order chi connectivity index (χ0) is 20.8. The van der Waals surface area contributed by atoms with Gasteiger partial charge in [0.25, 0.3) is 0 Å². The summed E-state index contributed by atoms with van der Waals surface area (Å²) in [6.07, 6.45) is 3.64. The standard InChI is InChI=1S/C21H33N5O3/c1-5-18-16(3)22-21(29-14-13-24-8-7-17(15-24)28-4)23-20(18)26-11-9-25(10-12-26)19(27)6-2/h6,17H,2,5,7-15H2,1,3-4H3. The number of likely N-dealkylation sites (tertiary alicyclic amines) is 1. The summed E-state index contributed by atoms with van der Waals surface area (Å²) in [5.74, 6) is 0.919. The molecule has 1 aromatic heterocycles. The number of hydrogen-bond donors (Lipinski definition) is 0. The van der Waals surface area contributed by atoms with Gasteiger partial charge in [0, 0.05) is 64.2 Å². The molecule has 0 aliphatic carbocycles. The predicted octanol–water partition coefficient (Wildman–Crippen LogP) is 1.28. The number of rotatable bonds is 8. The van der Waals surface area contributed by atoms with Gasteiger partial charge in [-0.25, -0.2) is 4.98 Å². The molecule has 1 amide bonds. The predicted molar refractivity (Wildman–Crippen MR) is 112 cm³/mol. The van der Waals surface area contributed by atoms with E-state index in [2.05, 4.69) is 28.3 Å². The molecule has 3 heterocycles. The lowest BCUT2D eigenvalue weighted by Gasteiger charge is -2.36. The largest absolute Gasteiger partial charge is 0.462 e. The summed E-state index contributed by atoms with van der Waals surface area (Å²) >= 11 is 0. The van der Waals surface area contributed by atoms with Crippen molar-refractivity contribution in [3.05, 3.63) is 23.9 Å². The van der Waals surface area contributed by atoms with E-state index < -0.39 is 0 Å². The fourth-order valence-corrected chi connectivity index (χ4v) is 4.02. The highest BCUT2D eigenvalue weighted by Gasteiger charge is 2.24. The number of carbonyl (C=O) groups is 1. The van der Waals surface area contributed by atoms with Crippen molar-refractivity contribution in [2.75, 3.05) is 64.4 Å². The SMILES string of the molecule is C=CC(=O)N1CCN(c2nc(OCCN3CCC(OC)C3)nc(C)c2CC)CC1. The van der Waals surface area contributed by atoms with Gasteiger partial charge in [0.1, 0.15) is 12.4 Å². The summed E-state index contributed by atoms with van der Waals surface area (Å²) in [5, 5.41) is 0. The molecule has 8 heteroatoms. The number of amides is 1. The van der Waals surface area contributed by atoms with Gasteiger partial charge in [-0.05, 0) is 25.8 Å². The van der Waals surface area contributed by atoms with Gasteiger partial charge in [0.2, 0.25) is 5.91 Å². The van der Waals surface area contributed by atoms with Gasteiger partial charge in [0.15, 0.2) is 0 Å². The van der Waals surface area contributed by atoms with Gasteiger partial charge in [-0.2, -0.15) is 4.98 Å². The highest BCUT2D eigenvalue weighted by Crippen LogP contribution is 2.25. The maximum absolute atomic E-state index is 11.8. The Hall–Kier alpha value is -2.19.